The molecule has 26 heavy (non-hydrogen) atoms. The van der Waals surface area contributed by atoms with Crippen LogP contribution in [0.25, 0.3) is 0 Å². The normalized spacial score (nSPS) is 11.5. The van der Waals surface area contributed by atoms with Crippen LogP contribution in [0.15, 0.2) is 42.5 Å². The molecule has 5 nitrogen and oxygen atoms in total. The minimum Gasteiger partial charge on any atom is -0.481 e. The van der Waals surface area contributed by atoms with Crippen molar-refractivity contribution >= 4 is 29.2 Å². The zero-order chi connectivity index (χ0) is 19.1. The lowest BCUT2D eigenvalue weighted by atomic mass is 10.1. The smallest absolute Gasteiger partial charge is 0.339 e. The Bertz CT molecular complexity index is 791. The van der Waals surface area contributed by atoms with Gasteiger partial charge >= 0.3 is 5.97 Å². The molecule has 0 saturated carbocycles. The maximum absolute atomic E-state index is 12.4. The minimum atomic E-state index is -0.689. The van der Waals surface area contributed by atoms with Crippen LogP contribution in [0.5, 0.6) is 5.75 Å². The summed E-state index contributed by atoms with van der Waals surface area (Å²) in [6, 6.07) is 12.2. The Morgan fingerprint density at radius 3 is 2.54 bits per heavy atom. The number of para-hydroxylation sites is 1. The van der Waals surface area contributed by atoms with Crippen molar-refractivity contribution in [2.24, 2.45) is 0 Å². The van der Waals surface area contributed by atoms with E-state index in [1.54, 1.807) is 19.9 Å². The van der Waals surface area contributed by atoms with Gasteiger partial charge in [-0.15, -0.1) is 0 Å². The van der Waals surface area contributed by atoms with Crippen molar-refractivity contribution < 1.29 is 19.1 Å². The molecule has 6 heteroatoms. The van der Waals surface area contributed by atoms with Crippen LogP contribution in [-0.2, 0) is 16.0 Å². The quantitative estimate of drug-likeness (QED) is 0.724. The molecule has 2 aromatic rings. The molecule has 0 aliphatic carbocycles. The second-order valence-corrected chi connectivity index (χ2v) is 6.03. The van der Waals surface area contributed by atoms with Crippen LogP contribution < -0.4 is 10.1 Å². The molecule has 0 radical (unpaired) electrons. The summed E-state index contributed by atoms with van der Waals surface area (Å²) in [6.45, 7) is 5.69. The summed E-state index contributed by atoms with van der Waals surface area (Å²) in [6.07, 6.45) is 0.126. The number of ether oxygens (including phenoxy) is 2. The second kappa shape index (κ2) is 9.25. The molecule has 0 unspecified atom stereocenters. The second-order valence-electron chi connectivity index (χ2n) is 5.63. The number of halogens is 1. The summed E-state index contributed by atoms with van der Waals surface area (Å²) < 4.78 is 10.7. The van der Waals surface area contributed by atoms with Gasteiger partial charge in [-0.3, -0.25) is 4.79 Å². The Labute approximate surface area is 158 Å². The van der Waals surface area contributed by atoms with Crippen LogP contribution in [0.3, 0.4) is 0 Å². The molecule has 0 aliphatic rings. The Hall–Kier alpha value is -2.53. The Morgan fingerprint density at radius 2 is 1.88 bits per heavy atom. The van der Waals surface area contributed by atoms with Crippen molar-refractivity contribution in [2.45, 2.75) is 33.3 Å². The predicted octanol–water partition coefficient (Wildman–Crippen LogP) is 4.49. The van der Waals surface area contributed by atoms with E-state index in [2.05, 4.69) is 5.32 Å². The van der Waals surface area contributed by atoms with Crippen LogP contribution in [0.2, 0.25) is 5.02 Å². The number of hydrogen-bond acceptors (Lipinski definition) is 4. The van der Waals surface area contributed by atoms with Crippen LogP contribution in [0, 0.1) is 0 Å². The number of esters is 1. The first-order valence-electron chi connectivity index (χ1n) is 8.48. The lowest BCUT2D eigenvalue weighted by Crippen LogP contribution is -2.30. The third kappa shape index (κ3) is 4.99. The van der Waals surface area contributed by atoms with Gasteiger partial charge in [-0.2, -0.15) is 0 Å². The van der Waals surface area contributed by atoms with Gasteiger partial charge in [-0.1, -0.05) is 36.7 Å². The third-order valence-corrected chi connectivity index (χ3v) is 4.07. The Kier molecular flexibility index (Phi) is 7.04. The number of carbonyl (C=O) groups excluding carboxylic acids is 2. The van der Waals surface area contributed by atoms with Gasteiger partial charge in [0.25, 0.3) is 5.91 Å². The number of nitrogens with one attached hydrogen (secondary N) is 1. The maximum atomic E-state index is 12.4. The monoisotopic (exact) mass is 375 g/mol. The summed E-state index contributed by atoms with van der Waals surface area (Å²) in [5.41, 5.74) is 1.77. The van der Waals surface area contributed by atoms with Gasteiger partial charge in [0.05, 0.1) is 17.2 Å². The van der Waals surface area contributed by atoms with Crippen molar-refractivity contribution in [1.82, 2.24) is 0 Å². The van der Waals surface area contributed by atoms with E-state index < -0.39 is 12.1 Å². The zero-order valence-electron chi connectivity index (χ0n) is 15.0. The lowest BCUT2D eigenvalue weighted by Gasteiger charge is -2.17. The highest BCUT2D eigenvalue weighted by Crippen LogP contribution is 2.23. The van der Waals surface area contributed by atoms with Gasteiger partial charge in [0.2, 0.25) is 0 Å². The summed E-state index contributed by atoms with van der Waals surface area (Å²) in [5.74, 6) is -0.118. The molecule has 1 amide bonds. The van der Waals surface area contributed by atoms with Crippen molar-refractivity contribution in [3.63, 3.8) is 0 Å². The van der Waals surface area contributed by atoms with Crippen molar-refractivity contribution in [3.05, 3.63) is 58.6 Å². The summed E-state index contributed by atoms with van der Waals surface area (Å²) >= 11 is 6.11. The highest BCUT2D eigenvalue weighted by atomic mass is 35.5. The first-order valence-corrected chi connectivity index (χ1v) is 8.86. The number of amides is 1. The number of hydrogen-bond donors (Lipinski definition) is 1. The fraction of sp³-hybridized carbons (Fsp3) is 0.300. The van der Waals surface area contributed by atoms with Gasteiger partial charge in [-0.05, 0) is 50.1 Å². The van der Waals surface area contributed by atoms with Crippen molar-refractivity contribution in [3.8, 4) is 5.75 Å². The molecule has 0 aromatic heterocycles. The third-order valence-electron chi connectivity index (χ3n) is 3.76. The van der Waals surface area contributed by atoms with E-state index >= 15 is 0 Å². The van der Waals surface area contributed by atoms with Gasteiger partial charge < -0.3 is 14.8 Å². The molecule has 1 atom stereocenters. The van der Waals surface area contributed by atoms with E-state index in [9.17, 15) is 9.59 Å². The first kappa shape index (κ1) is 19.8. The van der Waals surface area contributed by atoms with Crippen LogP contribution >= 0.6 is 11.6 Å². The average Bonchev–Trinajstić information content (AvgIpc) is 2.62. The van der Waals surface area contributed by atoms with Gasteiger partial charge in [0.15, 0.2) is 6.10 Å². The standard InChI is InChI=1S/C20H22ClNO4/c1-4-14-8-6-7-9-18(14)26-13(3)19(23)22-15-10-11-16(17(21)12-15)20(24)25-5-2/h6-13H,4-5H2,1-3H3,(H,22,23)/t13-/m1/s1. The molecule has 0 bridgehead atoms. The van der Waals surface area contributed by atoms with Gasteiger partial charge in [0.1, 0.15) is 5.75 Å². The topological polar surface area (TPSA) is 64.6 Å². The van der Waals surface area contributed by atoms with E-state index in [-0.39, 0.29) is 23.1 Å². The molecular weight excluding hydrogens is 354 g/mol. The number of aryl methyl sites for hydroxylation is 1. The highest BCUT2D eigenvalue weighted by Gasteiger charge is 2.18. The lowest BCUT2D eigenvalue weighted by molar-refractivity contribution is -0.122. The van der Waals surface area contributed by atoms with E-state index in [4.69, 9.17) is 21.1 Å². The van der Waals surface area contributed by atoms with E-state index in [0.29, 0.717) is 11.4 Å². The van der Waals surface area contributed by atoms with Crippen molar-refractivity contribution in [2.75, 3.05) is 11.9 Å². The first-order chi connectivity index (χ1) is 12.5. The maximum Gasteiger partial charge on any atom is 0.339 e. The molecule has 2 rings (SSSR count). The average molecular weight is 376 g/mol. The molecule has 0 fully saturated rings. The zero-order valence-corrected chi connectivity index (χ0v) is 15.8. The molecule has 0 saturated heterocycles. The highest BCUT2D eigenvalue weighted by molar-refractivity contribution is 6.34. The number of rotatable bonds is 7. The van der Waals surface area contributed by atoms with E-state index in [0.717, 1.165) is 12.0 Å². The molecule has 2 aromatic carbocycles. The summed E-state index contributed by atoms with van der Waals surface area (Å²) in [5, 5.41) is 2.95. The van der Waals surface area contributed by atoms with Crippen LogP contribution in [-0.4, -0.2) is 24.6 Å². The summed E-state index contributed by atoms with van der Waals surface area (Å²) in [7, 11) is 0. The minimum absolute atomic E-state index is 0.214. The number of benzene rings is 2. The van der Waals surface area contributed by atoms with E-state index in [1.165, 1.54) is 12.1 Å². The van der Waals surface area contributed by atoms with Gasteiger partial charge in [0, 0.05) is 5.69 Å². The molecule has 0 heterocycles. The molecule has 1 N–H and O–H groups in total. The van der Waals surface area contributed by atoms with Crippen LogP contribution in [0.1, 0.15) is 36.7 Å². The number of carbonyl (C=O) groups is 2. The van der Waals surface area contributed by atoms with Crippen LogP contribution in [0.4, 0.5) is 5.69 Å². The molecule has 0 spiro atoms. The Balaban J connectivity index is 2.04. The predicted molar refractivity (Wildman–Crippen MR) is 102 cm³/mol. The summed E-state index contributed by atoms with van der Waals surface area (Å²) in [4.78, 5) is 24.1. The van der Waals surface area contributed by atoms with E-state index in [1.807, 2.05) is 31.2 Å². The molecule has 0 aliphatic heterocycles. The fourth-order valence-corrected chi connectivity index (χ4v) is 2.62. The van der Waals surface area contributed by atoms with Crippen molar-refractivity contribution in [1.29, 1.82) is 0 Å². The number of anilines is 1. The fourth-order valence-electron chi connectivity index (χ4n) is 2.37. The Morgan fingerprint density at radius 1 is 1.15 bits per heavy atom. The van der Waals surface area contributed by atoms with Gasteiger partial charge in [-0.25, -0.2) is 4.79 Å². The SMILES string of the molecule is CCOC(=O)c1ccc(NC(=O)[C@@H](C)Oc2ccccc2CC)cc1Cl. The largest absolute Gasteiger partial charge is 0.481 e. The molecular formula is C20H22ClNO4. The molecule has 138 valence electrons.